The van der Waals surface area contributed by atoms with Gasteiger partial charge in [0, 0.05) is 23.7 Å². The lowest BCUT2D eigenvalue weighted by Gasteiger charge is -2.14. The minimum atomic E-state index is -0.313. The zero-order valence-corrected chi connectivity index (χ0v) is 12.4. The van der Waals surface area contributed by atoms with Gasteiger partial charge in [-0.2, -0.15) is 5.26 Å². The summed E-state index contributed by atoms with van der Waals surface area (Å²) >= 11 is 5.95. The number of amides is 1. The lowest BCUT2D eigenvalue weighted by Crippen LogP contribution is -2.23. The number of nitriles is 1. The predicted octanol–water partition coefficient (Wildman–Crippen LogP) is 1.81. The summed E-state index contributed by atoms with van der Waals surface area (Å²) in [5.74, 6) is 0.375. The number of likely N-dealkylation sites (N-methyl/N-ethyl adjacent to an activating group) is 1. The molecule has 1 aromatic rings. The first-order valence-corrected chi connectivity index (χ1v) is 6.60. The molecule has 0 unspecified atom stereocenters. The van der Waals surface area contributed by atoms with Crippen LogP contribution in [-0.2, 0) is 11.3 Å². The molecule has 20 heavy (non-hydrogen) atoms. The van der Waals surface area contributed by atoms with Crippen molar-refractivity contribution in [2.75, 3.05) is 27.2 Å². The molecule has 0 saturated carbocycles. The van der Waals surface area contributed by atoms with E-state index < -0.39 is 0 Å². The van der Waals surface area contributed by atoms with Crippen molar-refractivity contribution >= 4 is 17.5 Å². The first-order chi connectivity index (χ1) is 9.52. The Labute approximate surface area is 124 Å². The summed E-state index contributed by atoms with van der Waals surface area (Å²) in [7, 11) is 3.93. The quantitative estimate of drug-likeness (QED) is 0.833. The van der Waals surface area contributed by atoms with E-state index in [1.165, 1.54) is 0 Å². The fraction of sp³-hybridized carbons (Fsp3) is 0.429. The summed E-state index contributed by atoms with van der Waals surface area (Å²) in [5, 5.41) is 11.7. The summed E-state index contributed by atoms with van der Waals surface area (Å²) in [6.07, 6.45) is -0.155. The average molecular weight is 296 g/mol. The van der Waals surface area contributed by atoms with E-state index in [9.17, 15) is 4.79 Å². The standard InChI is InChI=1S/C14H18ClN3O2/c1-18(2)7-8-20-13-4-3-12(15)9-11(13)10-17-14(19)5-6-16/h3-4,9H,5,7-8,10H2,1-2H3,(H,17,19). The van der Waals surface area contributed by atoms with Gasteiger partial charge in [0.1, 0.15) is 18.8 Å². The SMILES string of the molecule is CN(C)CCOc1ccc(Cl)cc1CNC(=O)CC#N. The van der Waals surface area contributed by atoms with E-state index >= 15 is 0 Å². The van der Waals surface area contributed by atoms with Gasteiger partial charge in [-0.1, -0.05) is 11.6 Å². The monoisotopic (exact) mass is 295 g/mol. The number of benzene rings is 1. The predicted molar refractivity (Wildman–Crippen MR) is 77.6 cm³/mol. The zero-order valence-electron chi connectivity index (χ0n) is 11.6. The van der Waals surface area contributed by atoms with Crippen molar-refractivity contribution in [2.45, 2.75) is 13.0 Å². The van der Waals surface area contributed by atoms with Crippen molar-refractivity contribution in [1.29, 1.82) is 5.26 Å². The van der Waals surface area contributed by atoms with Gasteiger partial charge in [-0.05, 0) is 32.3 Å². The maximum atomic E-state index is 11.3. The van der Waals surface area contributed by atoms with Crippen LogP contribution in [0.15, 0.2) is 18.2 Å². The Kier molecular flexibility index (Phi) is 6.85. The fourth-order valence-corrected chi connectivity index (χ4v) is 1.69. The van der Waals surface area contributed by atoms with Crippen LogP contribution in [0.5, 0.6) is 5.75 Å². The first-order valence-electron chi connectivity index (χ1n) is 6.22. The van der Waals surface area contributed by atoms with Gasteiger partial charge < -0.3 is 15.0 Å². The van der Waals surface area contributed by atoms with Crippen molar-refractivity contribution in [3.63, 3.8) is 0 Å². The Bertz CT molecular complexity index is 498. The third-order valence-corrected chi connectivity index (χ3v) is 2.77. The molecular weight excluding hydrogens is 278 g/mol. The number of nitrogens with one attached hydrogen (secondary N) is 1. The molecule has 0 aliphatic rings. The molecular formula is C14H18ClN3O2. The van der Waals surface area contributed by atoms with E-state index in [2.05, 4.69) is 5.32 Å². The van der Waals surface area contributed by atoms with E-state index in [-0.39, 0.29) is 12.3 Å². The van der Waals surface area contributed by atoms with Crippen LogP contribution >= 0.6 is 11.6 Å². The normalized spacial score (nSPS) is 10.2. The molecule has 0 fully saturated rings. The summed E-state index contributed by atoms with van der Waals surface area (Å²) in [4.78, 5) is 13.3. The Hall–Kier alpha value is -1.77. The number of carbonyl (C=O) groups excluding carboxylic acids is 1. The molecule has 6 heteroatoms. The highest BCUT2D eigenvalue weighted by molar-refractivity contribution is 6.30. The lowest BCUT2D eigenvalue weighted by molar-refractivity contribution is -0.120. The fourth-order valence-electron chi connectivity index (χ4n) is 1.49. The molecule has 0 bridgehead atoms. The van der Waals surface area contributed by atoms with E-state index in [1.807, 2.05) is 19.0 Å². The van der Waals surface area contributed by atoms with Crippen LogP contribution in [0.1, 0.15) is 12.0 Å². The highest BCUT2D eigenvalue weighted by atomic mass is 35.5. The summed E-state index contributed by atoms with van der Waals surface area (Å²) < 4.78 is 5.68. The third-order valence-electron chi connectivity index (χ3n) is 2.53. The number of ether oxygens (including phenoxy) is 1. The Balaban J connectivity index is 2.65. The van der Waals surface area contributed by atoms with Crippen molar-refractivity contribution in [3.05, 3.63) is 28.8 Å². The molecule has 1 rings (SSSR count). The van der Waals surface area contributed by atoms with Crippen LogP contribution in [0.25, 0.3) is 0 Å². The van der Waals surface area contributed by atoms with Gasteiger partial charge in [0.25, 0.3) is 0 Å². The molecule has 0 aliphatic heterocycles. The van der Waals surface area contributed by atoms with Crippen molar-refractivity contribution in [1.82, 2.24) is 10.2 Å². The van der Waals surface area contributed by atoms with E-state index in [1.54, 1.807) is 24.3 Å². The topological polar surface area (TPSA) is 65.4 Å². The highest BCUT2D eigenvalue weighted by Crippen LogP contribution is 2.22. The molecule has 0 spiro atoms. The van der Waals surface area contributed by atoms with Gasteiger partial charge >= 0.3 is 0 Å². The molecule has 0 radical (unpaired) electrons. The van der Waals surface area contributed by atoms with Crippen LogP contribution in [0, 0.1) is 11.3 Å². The summed E-state index contributed by atoms with van der Waals surface area (Å²) in [6.45, 7) is 1.63. The number of rotatable bonds is 7. The van der Waals surface area contributed by atoms with Crippen LogP contribution in [0.4, 0.5) is 0 Å². The molecule has 1 amide bonds. The summed E-state index contributed by atoms with van der Waals surface area (Å²) in [5.41, 5.74) is 0.794. The van der Waals surface area contributed by atoms with Crippen LogP contribution in [-0.4, -0.2) is 38.1 Å². The first kappa shape index (κ1) is 16.3. The average Bonchev–Trinajstić information content (AvgIpc) is 2.38. The highest BCUT2D eigenvalue weighted by Gasteiger charge is 2.07. The largest absolute Gasteiger partial charge is 0.492 e. The second-order valence-electron chi connectivity index (χ2n) is 4.52. The van der Waals surface area contributed by atoms with Crippen molar-refractivity contribution < 1.29 is 9.53 Å². The molecule has 0 heterocycles. The second-order valence-corrected chi connectivity index (χ2v) is 4.95. The van der Waals surface area contributed by atoms with E-state index in [0.29, 0.717) is 23.9 Å². The van der Waals surface area contributed by atoms with Gasteiger partial charge in [-0.25, -0.2) is 0 Å². The molecule has 5 nitrogen and oxygen atoms in total. The van der Waals surface area contributed by atoms with Gasteiger partial charge in [0.05, 0.1) is 6.07 Å². The Morgan fingerprint density at radius 1 is 1.50 bits per heavy atom. The summed E-state index contributed by atoms with van der Waals surface area (Å²) in [6, 6.07) is 7.08. The van der Waals surface area contributed by atoms with Crippen LogP contribution in [0.3, 0.4) is 0 Å². The number of halogens is 1. The Morgan fingerprint density at radius 3 is 2.90 bits per heavy atom. The number of carbonyl (C=O) groups is 1. The molecule has 1 aromatic carbocycles. The van der Waals surface area contributed by atoms with E-state index in [4.69, 9.17) is 21.6 Å². The van der Waals surface area contributed by atoms with Crippen molar-refractivity contribution in [2.24, 2.45) is 0 Å². The van der Waals surface area contributed by atoms with E-state index in [0.717, 1.165) is 12.1 Å². The number of hydrogen-bond acceptors (Lipinski definition) is 4. The van der Waals surface area contributed by atoms with Crippen molar-refractivity contribution in [3.8, 4) is 11.8 Å². The lowest BCUT2D eigenvalue weighted by atomic mass is 10.2. The molecule has 108 valence electrons. The van der Waals surface area contributed by atoms with Gasteiger partial charge in [-0.3, -0.25) is 4.79 Å². The second kappa shape index (κ2) is 8.41. The maximum absolute atomic E-state index is 11.3. The van der Waals surface area contributed by atoms with Gasteiger partial charge in [0.2, 0.25) is 5.91 Å². The number of hydrogen-bond donors (Lipinski definition) is 1. The molecule has 0 aliphatic carbocycles. The van der Waals surface area contributed by atoms with Crippen LogP contribution in [0.2, 0.25) is 5.02 Å². The smallest absolute Gasteiger partial charge is 0.234 e. The Morgan fingerprint density at radius 2 is 2.25 bits per heavy atom. The molecule has 0 atom stereocenters. The van der Waals surface area contributed by atoms with Gasteiger partial charge in [-0.15, -0.1) is 0 Å². The molecule has 0 saturated heterocycles. The van der Waals surface area contributed by atoms with Crippen LogP contribution < -0.4 is 10.1 Å². The third kappa shape index (κ3) is 5.91. The minimum absolute atomic E-state index is 0.155. The molecule has 1 N–H and O–H groups in total. The zero-order chi connectivity index (χ0) is 15.0. The molecule has 0 aromatic heterocycles. The minimum Gasteiger partial charge on any atom is -0.492 e. The maximum Gasteiger partial charge on any atom is 0.234 e. The van der Waals surface area contributed by atoms with Gasteiger partial charge in [0.15, 0.2) is 0 Å². The number of nitrogens with zero attached hydrogens (tertiary/aromatic N) is 2.